The number of hydrogen-bond donors (Lipinski definition) is 0. The first-order valence-corrected chi connectivity index (χ1v) is 8.11. The molecule has 0 N–H and O–H groups in total. The molecule has 0 saturated carbocycles. The highest BCUT2D eigenvalue weighted by Gasteiger charge is 2.35. The Hall–Kier alpha value is -0.890. The van der Waals surface area contributed by atoms with Gasteiger partial charge in [-0.15, -0.1) is 11.6 Å². The van der Waals surface area contributed by atoms with Crippen LogP contribution < -0.4 is 9.47 Å². The fourth-order valence-electron chi connectivity index (χ4n) is 2.69. The van der Waals surface area contributed by atoms with Gasteiger partial charge in [0.1, 0.15) is 0 Å². The summed E-state index contributed by atoms with van der Waals surface area (Å²) >= 11 is 6.55. The SMILES string of the molecule is CCCOc1cc2c(cc1OCCC)C(Cl)C(C)C2C. The monoisotopic (exact) mass is 296 g/mol. The quantitative estimate of drug-likeness (QED) is 0.663. The molecule has 0 radical (unpaired) electrons. The van der Waals surface area contributed by atoms with Crippen LogP contribution in [0.25, 0.3) is 0 Å². The molecule has 1 aromatic carbocycles. The lowest BCUT2D eigenvalue weighted by atomic mass is 9.96. The van der Waals surface area contributed by atoms with Gasteiger partial charge in [-0.3, -0.25) is 0 Å². The summed E-state index contributed by atoms with van der Waals surface area (Å²) in [5.74, 6) is 2.62. The van der Waals surface area contributed by atoms with Crippen molar-refractivity contribution in [1.82, 2.24) is 0 Å². The molecule has 0 aliphatic heterocycles. The van der Waals surface area contributed by atoms with Crippen molar-refractivity contribution in [2.45, 2.75) is 51.8 Å². The van der Waals surface area contributed by atoms with Crippen LogP contribution in [0.1, 0.15) is 63.0 Å². The van der Waals surface area contributed by atoms with E-state index in [0.29, 0.717) is 18.4 Å². The van der Waals surface area contributed by atoms with E-state index >= 15 is 0 Å². The van der Waals surface area contributed by atoms with Gasteiger partial charge in [-0.25, -0.2) is 0 Å². The van der Waals surface area contributed by atoms with Crippen LogP contribution in [0.3, 0.4) is 0 Å². The van der Waals surface area contributed by atoms with Crippen LogP contribution in [0.5, 0.6) is 11.5 Å². The van der Waals surface area contributed by atoms with E-state index in [0.717, 1.165) is 30.9 Å². The van der Waals surface area contributed by atoms with Crippen LogP contribution in [-0.4, -0.2) is 13.2 Å². The zero-order valence-corrected chi connectivity index (χ0v) is 13.7. The number of rotatable bonds is 6. The van der Waals surface area contributed by atoms with E-state index in [9.17, 15) is 0 Å². The molecular formula is C17H25ClO2. The molecule has 3 heteroatoms. The minimum Gasteiger partial charge on any atom is -0.490 e. The highest BCUT2D eigenvalue weighted by Crippen LogP contribution is 2.51. The highest BCUT2D eigenvalue weighted by atomic mass is 35.5. The molecule has 0 aromatic heterocycles. The largest absolute Gasteiger partial charge is 0.490 e. The van der Waals surface area contributed by atoms with Gasteiger partial charge in [0.2, 0.25) is 0 Å². The third kappa shape index (κ3) is 2.90. The van der Waals surface area contributed by atoms with Gasteiger partial charge >= 0.3 is 0 Å². The Labute approximate surface area is 127 Å². The fourth-order valence-corrected chi connectivity index (χ4v) is 3.10. The second-order valence-electron chi connectivity index (χ2n) is 5.67. The molecule has 112 valence electrons. The van der Waals surface area contributed by atoms with Crippen LogP contribution in [0, 0.1) is 5.92 Å². The van der Waals surface area contributed by atoms with Crippen LogP contribution in [-0.2, 0) is 0 Å². The minimum absolute atomic E-state index is 0.0733. The molecule has 0 spiro atoms. The van der Waals surface area contributed by atoms with Gasteiger partial charge in [0.05, 0.1) is 18.6 Å². The van der Waals surface area contributed by atoms with Crippen LogP contribution in [0.15, 0.2) is 12.1 Å². The average Bonchev–Trinajstić information content (AvgIpc) is 2.67. The van der Waals surface area contributed by atoms with Gasteiger partial charge in [-0.05, 0) is 47.9 Å². The van der Waals surface area contributed by atoms with Gasteiger partial charge in [0.15, 0.2) is 11.5 Å². The van der Waals surface area contributed by atoms with Crippen molar-refractivity contribution in [1.29, 1.82) is 0 Å². The lowest BCUT2D eigenvalue weighted by Gasteiger charge is -2.15. The first-order chi connectivity index (χ1) is 9.60. The standard InChI is InChI=1S/C17H25ClO2/c1-5-7-19-15-9-13-11(3)12(4)17(18)14(13)10-16(15)20-8-6-2/h9-12,17H,5-8H2,1-4H3. The lowest BCUT2D eigenvalue weighted by Crippen LogP contribution is -2.03. The molecular weight excluding hydrogens is 272 g/mol. The van der Waals surface area contributed by atoms with Crippen LogP contribution in [0.4, 0.5) is 0 Å². The Bertz CT molecular complexity index is 418. The molecule has 1 aromatic rings. The van der Waals surface area contributed by atoms with Gasteiger partial charge in [-0.2, -0.15) is 0 Å². The third-order valence-electron chi connectivity index (χ3n) is 4.11. The normalized spacial score (nSPS) is 24.6. The van der Waals surface area contributed by atoms with Crippen molar-refractivity contribution in [2.24, 2.45) is 5.92 Å². The smallest absolute Gasteiger partial charge is 0.161 e. The second kappa shape index (κ2) is 6.71. The topological polar surface area (TPSA) is 18.5 Å². The van der Waals surface area contributed by atoms with E-state index in [-0.39, 0.29) is 5.38 Å². The maximum Gasteiger partial charge on any atom is 0.161 e. The Kier molecular flexibility index (Phi) is 5.20. The summed E-state index contributed by atoms with van der Waals surface area (Å²) < 4.78 is 11.7. The Morgan fingerprint density at radius 3 is 1.95 bits per heavy atom. The van der Waals surface area contributed by atoms with E-state index in [4.69, 9.17) is 21.1 Å². The van der Waals surface area contributed by atoms with E-state index in [1.807, 2.05) is 0 Å². The lowest BCUT2D eigenvalue weighted by molar-refractivity contribution is 0.268. The summed E-state index contributed by atoms with van der Waals surface area (Å²) in [6.07, 6.45) is 1.98. The van der Waals surface area contributed by atoms with Crippen molar-refractivity contribution in [2.75, 3.05) is 13.2 Å². The molecule has 0 heterocycles. The van der Waals surface area contributed by atoms with Crippen LogP contribution in [0.2, 0.25) is 0 Å². The second-order valence-corrected chi connectivity index (χ2v) is 6.14. The molecule has 3 atom stereocenters. The molecule has 2 nitrogen and oxygen atoms in total. The number of alkyl halides is 1. The van der Waals surface area contributed by atoms with Crippen molar-refractivity contribution in [3.63, 3.8) is 0 Å². The molecule has 0 amide bonds. The number of hydrogen-bond acceptors (Lipinski definition) is 2. The molecule has 20 heavy (non-hydrogen) atoms. The fraction of sp³-hybridized carbons (Fsp3) is 0.647. The molecule has 2 rings (SSSR count). The van der Waals surface area contributed by atoms with Crippen molar-refractivity contribution >= 4 is 11.6 Å². The predicted octanol–water partition coefficient (Wildman–Crippen LogP) is 5.30. The molecule has 1 aliphatic carbocycles. The Morgan fingerprint density at radius 1 is 0.950 bits per heavy atom. The van der Waals surface area contributed by atoms with Gasteiger partial charge in [-0.1, -0.05) is 27.7 Å². The molecule has 1 aliphatic rings. The number of ether oxygens (including phenoxy) is 2. The summed E-state index contributed by atoms with van der Waals surface area (Å²) in [4.78, 5) is 0. The summed E-state index contributed by atoms with van der Waals surface area (Å²) in [6.45, 7) is 10.1. The van der Waals surface area contributed by atoms with E-state index < -0.39 is 0 Å². The van der Waals surface area contributed by atoms with Crippen LogP contribution >= 0.6 is 11.6 Å². The zero-order chi connectivity index (χ0) is 14.7. The first kappa shape index (κ1) is 15.5. The van der Waals surface area contributed by atoms with E-state index in [2.05, 4.69) is 39.8 Å². The van der Waals surface area contributed by atoms with Gasteiger partial charge in [0, 0.05) is 0 Å². The molecule has 0 saturated heterocycles. The van der Waals surface area contributed by atoms with E-state index in [1.165, 1.54) is 11.1 Å². The van der Waals surface area contributed by atoms with Crippen molar-refractivity contribution < 1.29 is 9.47 Å². The molecule has 0 fully saturated rings. The van der Waals surface area contributed by atoms with Gasteiger partial charge in [0.25, 0.3) is 0 Å². The Morgan fingerprint density at radius 2 is 1.45 bits per heavy atom. The highest BCUT2D eigenvalue weighted by molar-refractivity contribution is 6.21. The minimum atomic E-state index is 0.0733. The molecule has 0 bridgehead atoms. The summed E-state index contributed by atoms with van der Waals surface area (Å²) in [7, 11) is 0. The maximum atomic E-state index is 6.55. The average molecular weight is 297 g/mol. The summed E-state index contributed by atoms with van der Waals surface area (Å²) in [5, 5.41) is 0.0733. The van der Waals surface area contributed by atoms with Crippen molar-refractivity contribution in [3.8, 4) is 11.5 Å². The summed E-state index contributed by atoms with van der Waals surface area (Å²) in [6, 6.07) is 4.23. The number of benzene rings is 1. The van der Waals surface area contributed by atoms with Crippen molar-refractivity contribution in [3.05, 3.63) is 23.3 Å². The zero-order valence-electron chi connectivity index (χ0n) is 12.9. The van der Waals surface area contributed by atoms with Gasteiger partial charge < -0.3 is 9.47 Å². The third-order valence-corrected chi connectivity index (χ3v) is 4.74. The number of halogens is 1. The summed E-state index contributed by atoms with van der Waals surface area (Å²) in [5.41, 5.74) is 2.52. The first-order valence-electron chi connectivity index (χ1n) is 7.67. The molecule has 3 unspecified atom stereocenters. The number of fused-ring (bicyclic) bond motifs is 1. The maximum absolute atomic E-state index is 6.55. The Balaban J connectivity index is 2.35. The van der Waals surface area contributed by atoms with E-state index in [1.54, 1.807) is 0 Å². The predicted molar refractivity (Wildman–Crippen MR) is 84.2 cm³/mol.